The Morgan fingerprint density at radius 2 is 2.73 bits per heavy atom. The van der Waals surface area contributed by atoms with Crippen molar-refractivity contribution in [2.75, 3.05) is 12.3 Å². The fourth-order valence-electron chi connectivity index (χ4n) is 0.739. The van der Waals surface area contributed by atoms with Crippen LogP contribution in [-0.4, -0.2) is 34.6 Å². The predicted octanol–water partition coefficient (Wildman–Crippen LogP) is 0.152. The second-order valence-electron chi connectivity index (χ2n) is 2.37. The summed E-state index contributed by atoms with van der Waals surface area (Å²) in [5, 5.41) is 12.1. The van der Waals surface area contributed by atoms with Gasteiger partial charge in [-0.05, 0) is 6.92 Å². The highest BCUT2D eigenvalue weighted by atomic mass is 32.2. The first-order valence-corrected chi connectivity index (χ1v) is 4.32. The van der Waals surface area contributed by atoms with Gasteiger partial charge in [-0.2, -0.15) is 0 Å². The average molecular weight is 174 g/mol. The minimum absolute atomic E-state index is 0.0819. The molecule has 1 rings (SSSR count). The van der Waals surface area contributed by atoms with Crippen molar-refractivity contribution in [2.45, 2.75) is 13.0 Å². The monoisotopic (exact) mass is 174 g/mol. The van der Waals surface area contributed by atoms with E-state index in [0.717, 1.165) is 11.7 Å². The van der Waals surface area contributed by atoms with Crippen LogP contribution >= 0.6 is 11.8 Å². The van der Waals surface area contributed by atoms with Crippen LogP contribution in [0, 0.1) is 0 Å². The van der Waals surface area contributed by atoms with E-state index in [2.05, 4.69) is 10.3 Å². The fraction of sp³-hybridized carbons (Fsp3) is 0.667. The van der Waals surface area contributed by atoms with Gasteiger partial charge in [0.25, 0.3) is 0 Å². The van der Waals surface area contributed by atoms with Crippen LogP contribution in [-0.2, 0) is 4.79 Å². The predicted molar refractivity (Wildman–Crippen MR) is 45.0 cm³/mol. The average Bonchev–Trinajstić information content (AvgIpc) is 2.31. The van der Waals surface area contributed by atoms with E-state index < -0.39 is 5.97 Å². The maximum atomic E-state index is 10.1. The Morgan fingerprint density at radius 3 is 3.18 bits per heavy atom. The summed E-state index contributed by atoms with van der Waals surface area (Å²) in [6.45, 7) is 2.76. The maximum Gasteiger partial charge on any atom is 0.313 e. The normalized spacial score (nSPS) is 22.6. The molecule has 0 amide bonds. The van der Waals surface area contributed by atoms with E-state index in [9.17, 15) is 4.79 Å². The van der Waals surface area contributed by atoms with Crippen LogP contribution in [0.4, 0.5) is 0 Å². The molecule has 0 aromatic rings. The summed E-state index contributed by atoms with van der Waals surface area (Å²) < 4.78 is 0. The zero-order chi connectivity index (χ0) is 8.27. The Labute approximate surface area is 69.1 Å². The van der Waals surface area contributed by atoms with Gasteiger partial charge in [0, 0.05) is 6.04 Å². The quantitative estimate of drug-likeness (QED) is 0.625. The Kier molecular flexibility index (Phi) is 2.76. The standard InChI is InChI=1S/C6H10N2O2S/c1-4-2-7-6(8-4)11-3-5(9)10/h4H,2-3H2,1H3,(H,7,8)(H,9,10). The van der Waals surface area contributed by atoms with Gasteiger partial charge < -0.3 is 10.4 Å². The molecule has 2 N–H and O–H groups in total. The van der Waals surface area contributed by atoms with Crippen LogP contribution in [0.3, 0.4) is 0 Å². The van der Waals surface area contributed by atoms with E-state index in [1.807, 2.05) is 6.92 Å². The molecule has 1 aliphatic rings. The number of nitrogens with one attached hydrogen (secondary N) is 1. The lowest BCUT2D eigenvalue weighted by Gasteiger charge is -2.02. The molecule has 0 radical (unpaired) electrons. The number of thioether (sulfide) groups is 1. The van der Waals surface area contributed by atoms with Crippen LogP contribution in [0.15, 0.2) is 4.99 Å². The minimum atomic E-state index is -0.806. The number of nitrogens with zero attached hydrogens (tertiary/aromatic N) is 1. The molecule has 0 aromatic carbocycles. The van der Waals surface area contributed by atoms with E-state index >= 15 is 0 Å². The molecule has 0 spiro atoms. The van der Waals surface area contributed by atoms with Crippen molar-refractivity contribution in [3.63, 3.8) is 0 Å². The Morgan fingerprint density at radius 1 is 2.00 bits per heavy atom. The van der Waals surface area contributed by atoms with E-state index in [4.69, 9.17) is 5.11 Å². The Hall–Kier alpha value is -0.710. The van der Waals surface area contributed by atoms with Crippen LogP contribution in [0.25, 0.3) is 0 Å². The lowest BCUT2D eigenvalue weighted by atomic mass is 10.4. The molecule has 11 heavy (non-hydrogen) atoms. The number of rotatable bonds is 2. The molecule has 0 bridgehead atoms. The van der Waals surface area contributed by atoms with Crippen molar-refractivity contribution >= 4 is 22.9 Å². The molecule has 1 aliphatic heterocycles. The van der Waals surface area contributed by atoms with E-state index in [0.29, 0.717) is 6.04 Å². The number of carbonyl (C=O) groups is 1. The summed E-state index contributed by atoms with van der Waals surface area (Å²) in [5.41, 5.74) is 0. The second kappa shape index (κ2) is 3.61. The van der Waals surface area contributed by atoms with Gasteiger partial charge in [0.05, 0.1) is 12.3 Å². The molecule has 5 heteroatoms. The van der Waals surface area contributed by atoms with Gasteiger partial charge in [0.1, 0.15) is 0 Å². The first-order chi connectivity index (χ1) is 5.18. The molecule has 0 saturated carbocycles. The second-order valence-corrected chi connectivity index (χ2v) is 3.34. The van der Waals surface area contributed by atoms with Gasteiger partial charge in [0.2, 0.25) is 0 Å². The highest BCUT2D eigenvalue weighted by molar-refractivity contribution is 8.14. The lowest BCUT2D eigenvalue weighted by molar-refractivity contribution is -0.133. The zero-order valence-electron chi connectivity index (χ0n) is 6.20. The molecule has 4 nitrogen and oxygen atoms in total. The largest absolute Gasteiger partial charge is 0.481 e. The molecule has 1 atom stereocenters. The SMILES string of the molecule is CC1CN=C(SCC(=O)O)N1. The highest BCUT2D eigenvalue weighted by Crippen LogP contribution is 2.07. The van der Waals surface area contributed by atoms with Crippen molar-refractivity contribution in [3.05, 3.63) is 0 Å². The Balaban J connectivity index is 2.23. The third kappa shape index (κ3) is 2.80. The van der Waals surface area contributed by atoms with Gasteiger partial charge in [-0.25, -0.2) is 0 Å². The van der Waals surface area contributed by atoms with Gasteiger partial charge >= 0.3 is 5.97 Å². The molecular weight excluding hydrogens is 164 g/mol. The number of hydrogen-bond donors (Lipinski definition) is 2. The van der Waals surface area contributed by atoms with Crippen LogP contribution in [0.1, 0.15) is 6.92 Å². The number of aliphatic carboxylic acids is 1. The van der Waals surface area contributed by atoms with E-state index in [1.54, 1.807) is 0 Å². The first kappa shape index (κ1) is 8.39. The van der Waals surface area contributed by atoms with Crippen LogP contribution in [0.5, 0.6) is 0 Å². The summed E-state index contributed by atoms with van der Waals surface area (Å²) >= 11 is 1.24. The number of carboxylic acid groups (broad SMARTS) is 1. The molecular formula is C6H10N2O2S. The van der Waals surface area contributed by atoms with Crippen molar-refractivity contribution in [2.24, 2.45) is 4.99 Å². The van der Waals surface area contributed by atoms with Crippen molar-refractivity contribution in [3.8, 4) is 0 Å². The van der Waals surface area contributed by atoms with Crippen molar-refractivity contribution in [1.29, 1.82) is 0 Å². The number of aliphatic imine (C=N–C) groups is 1. The number of carboxylic acids is 1. The molecule has 1 heterocycles. The Bertz CT molecular complexity index is 193. The number of amidine groups is 1. The van der Waals surface area contributed by atoms with Crippen LogP contribution < -0.4 is 5.32 Å². The van der Waals surface area contributed by atoms with Gasteiger partial charge in [0.15, 0.2) is 5.17 Å². The first-order valence-electron chi connectivity index (χ1n) is 3.34. The smallest absolute Gasteiger partial charge is 0.313 e. The van der Waals surface area contributed by atoms with E-state index in [-0.39, 0.29) is 5.75 Å². The topological polar surface area (TPSA) is 61.7 Å². The molecule has 0 aliphatic carbocycles. The third-order valence-electron chi connectivity index (χ3n) is 1.21. The molecule has 0 saturated heterocycles. The fourth-order valence-corrected chi connectivity index (χ4v) is 1.45. The van der Waals surface area contributed by atoms with Gasteiger partial charge in [-0.3, -0.25) is 9.79 Å². The molecule has 0 aromatic heterocycles. The van der Waals surface area contributed by atoms with Gasteiger partial charge in [-0.15, -0.1) is 0 Å². The summed E-state index contributed by atoms with van der Waals surface area (Å²) in [6.07, 6.45) is 0. The third-order valence-corrected chi connectivity index (χ3v) is 2.12. The zero-order valence-corrected chi connectivity index (χ0v) is 7.02. The minimum Gasteiger partial charge on any atom is -0.481 e. The lowest BCUT2D eigenvalue weighted by Crippen LogP contribution is -2.25. The summed E-state index contributed by atoms with van der Waals surface area (Å²) in [4.78, 5) is 14.2. The summed E-state index contributed by atoms with van der Waals surface area (Å²) in [7, 11) is 0. The summed E-state index contributed by atoms with van der Waals surface area (Å²) in [6, 6.07) is 0.353. The van der Waals surface area contributed by atoms with Crippen molar-refractivity contribution < 1.29 is 9.90 Å². The maximum absolute atomic E-state index is 10.1. The van der Waals surface area contributed by atoms with Gasteiger partial charge in [-0.1, -0.05) is 11.8 Å². The summed E-state index contributed by atoms with van der Waals surface area (Å²) in [5.74, 6) is -0.725. The molecule has 0 fully saturated rings. The van der Waals surface area contributed by atoms with Crippen molar-refractivity contribution in [1.82, 2.24) is 5.32 Å². The van der Waals surface area contributed by atoms with E-state index in [1.165, 1.54) is 11.8 Å². The molecule has 1 unspecified atom stereocenters. The van der Waals surface area contributed by atoms with Crippen LogP contribution in [0.2, 0.25) is 0 Å². The highest BCUT2D eigenvalue weighted by Gasteiger charge is 2.13. The number of hydrogen-bond acceptors (Lipinski definition) is 4. The molecule has 62 valence electrons.